The van der Waals surface area contributed by atoms with E-state index in [4.69, 9.17) is 16.3 Å². The predicted octanol–water partition coefficient (Wildman–Crippen LogP) is 3.01. The van der Waals surface area contributed by atoms with Gasteiger partial charge in [-0.15, -0.1) is 0 Å². The number of halogens is 2. The molecule has 0 fully saturated rings. The molecule has 0 aliphatic heterocycles. The summed E-state index contributed by atoms with van der Waals surface area (Å²) in [6, 6.07) is 3.72. The lowest BCUT2D eigenvalue weighted by molar-refractivity contribution is 0.0519. The van der Waals surface area contributed by atoms with Crippen LogP contribution in [-0.4, -0.2) is 27.3 Å². The van der Waals surface area contributed by atoms with Crippen LogP contribution in [0, 0.1) is 10.5 Å². The molecule has 0 unspecified atom stereocenters. The van der Waals surface area contributed by atoms with Crippen molar-refractivity contribution in [2.75, 3.05) is 6.61 Å². The molecule has 0 aliphatic rings. The molecule has 0 aromatic carbocycles. The van der Waals surface area contributed by atoms with E-state index in [1.54, 1.807) is 20.0 Å². The SMILES string of the molecule is CCOC(=O)c1nn(-c2cc(I)ccn2)c(C)c1Cl. The molecule has 7 heteroatoms. The van der Waals surface area contributed by atoms with Gasteiger partial charge in [0, 0.05) is 9.77 Å². The highest BCUT2D eigenvalue weighted by Gasteiger charge is 2.21. The molecular weight excluding hydrogens is 381 g/mol. The lowest BCUT2D eigenvalue weighted by Crippen LogP contribution is -2.07. The fourth-order valence-corrected chi connectivity index (χ4v) is 2.18. The molecule has 0 saturated carbocycles. The van der Waals surface area contributed by atoms with Crippen molar-refractivity contribution in [1.29, 1.82) is 0 Å². The molecule has 2 aromatic rings. The van der Waals surface area contributed by atoms with Crippen LogP contribution in [0.3, 0.4) is 0 Å². The molecule has 2 aromatic heterocycles. The minimum absolute atomic E-state index is 0.113. The summed E-state index contributed by atoms with van der Waals surface area (Å²) in [5.74, 6) is 0.0850. The fraction of sp³-hybridized carbons (Fsp3) is 0.250. The summed E-state index contributed by atoms with van der Waals surface area (Å²) in [7, 11) is 0. The highest BCUT2D eigenvalue weighted by Crippen LogP contribution is 2.23. The van der Waals surface area contributed by atoms with E-state index in [1.165, 1.54) is 4.68 Å². The molecule has 0 N–H and O–H groups in total. The molecule has 0 bridgehead atoms. The third kappa shape index (κ3) is 2.89. The number of carbonyl (C=O) groups excluding carboxylic acids is 1. The molecule has 19 heavy (non-hydrogen) atoms. The van der Waals surface area contributed by atoms with Crippen molar-refractivity contribution < 1.29 is 9.53 Å². The summed E-state index contributed by atoms with van der Waals surface area (Å²) >= 11 is 8.30. The van der Waals surface area contributed by atoms with E-state index in [2.05, 4.69) is 32.7 Å². The zero-order valence-corrected chi connectivity index (χ0v) is 13.3. The summed E-state index contributed by atoms with van der Waals surface area (Å²) in [5, 5.41) is 4.47. The first kappa shape index (κ1) is 14.3. The molecule has 2 heterocycles. The Morgan fingerprint density at radius 2 is 2.32 bits per heavy atom. The Hall–Kier alpha value is -1.15. The summed E-state index contributed by atoms with van der Waals surface area (Å²) in [4.78, 5) is 15.9. The van der Waals surface area contributed by atoms with Crippen LogP contribution in [0.1, 0.15) is 23.1 Å². The maximum absolute atomic E-state index is 11.7. The van der Waals surface area contributed by atoms with Gasteiger partial charge < -0.3 is 4.74 Å². The summed E-state index contributed by atoms with van der Waals surface area (Å²) in [6.45, 7) is 3.79. The van der Waals surface area contributed by atoms with Crippen LogP contribution in [-0.2, 0) is 4.74 Å². The molecule has 0 aliphatic carbocycles. The Kier molecular flexibility index (Phi) is 4.41. The van der Waals surface area contributed by atoms with E-state index >= 15 is 0 Å². The maximum atomic E-state index is 11.7. The van der Waals surface area contributed by atoms with Gasteiger partial charge in [0.05, 0.1) is 17.3 Å². The van der Waals surface area contributed by atoms with Crippen LogP contribution in [0.4, 0.5) is 0 Å². The second-order valence-electron chi connectivity index (χ2n) is 3.71. The lowest BCUT2D eigenvalue weighted by atomic mass is 10.3. The average Bonchev–Trinajstić information content (AvgIpc) is 2.67. The molecule has 0 amide bonds. The van der Waals surface area contributed by atoms with Gasteiger partial charge in [-0.3, -0.25) is 0 Å². The number of esters is 1. The summed E-state index contributed by atoms with van der Waals surface area (Å²) in [5.41, 5.74) is 0.765. The van der Waals surface area contributed by atoms with Gasteiger partial charge in [-0.25, -0.2) is 14.5 Å². The van der Waals surface area contributed by atoms with Crippen molar-refractivity contribution in [3.63, 3.8) is 0 Å². The monoisotopic (exact) mass is 391 g/mol. The van der Waals surface area contributed by atoms with Crippen LogP contribution in [0.5, 0.6) is 0 Å². The van der Waals surface area contributed by atoms with Crippen LogP contribution < -0.4 is 0 Å². The van der Waals surface area contributed by atoms with Gasteiger partial charge in [0.15, 0.2) is 11.5 Å². The van der Waals surface area contributed by atoms with E-state index in [0.29, 0.717) is 16.5 Å². The summed E-state index contributed by atoms with van der Waals surface area (Å²) in [6.07, 6.45) is 1.68. The van der Waals surface area contributed by atoms with Crippen molar-refractivity contribution in [3.05, 3.63) is 38.3 Å². The summed E-state index contributed by atoms with van der Waals surface area (Å²) < 4.78 is 7.47. The molecule has 0 atom stereocenters. The molecule has 0 saturated heterocycles. The largest absolute Gasteiger partial charge is 0.461 e. The van der Waals surface area contributed by atoms with Crippen molar-refractivity contribution in [2.24, 2.45) is 0 Å². The van der Waals surface area contributed by atoms with Crippen LogP contribution in [0.15, 0.2) is 18.3 Å². The van der Waals surface area contributed by atoms with Crippen molar-refractivity contribution in [3.8, 4) is 5.82 Å². The number of hydrogen-bond donors (Lipinski definition) is 0. The molecule has 100 valence electrons. The van der Waals surface area contributed by atoms with Crippen molar-refractivity contribution in [1.82, 2.24) is 14.8 Å². The van der Waals surface area contributed by atoms with Gasteiger partial charge in [-0.2, -0.15) is 5.10 Å². The predicted molar refractivity (Wildman–Crippen MR) is 79.8 cm³/mol. The Labute approximate surface area is 129 Å². The number of nitrogens with zero attached hydrogens (tertiary/aromatic N) is 3. The standard InChI is InChI=1S/C12H11ClIN3O2/c1-3-19-12(18)11-10(13)7(2)17(16-11)9-6-8(14)4-5-15-9/h4-6H,3H2,1-2H3. The molecular formula is C12H11ClIN3O2. The first-order chi connectivity index (χ1) is 9.04. The quantitative estimate of drug-likeness (QED) is 0.596. The van der Waals surface area contributed by atoms with Crippen molar-refractivity contribution in [2.45, 2.75) is 13.8 Å². The van der Waals surface area contributed by atoms with E-state index in [0.717, 1.165) is 3.57 Å². The normalized spacial score (nSPS) is 10.5. The topological polar surface area (TPSA) is 57.0 Å². The second-order valence-corrected chi connectivity index (χ2v) is 5.34. The molecule has 0 spiro atoms. The van der Waals surface area contributed by atoms with Gasteiger partial charge >= 0.3 is 5.97 Å². The van der Waals surface area contributed by atoms with E-state index in [1.807, 2.05) is 12.1 Å². The number of carbonyl (C=O) groups is 1. The third-order valence-corrected chi connectivity index (χ3v) is 3.56. The zero-order chi connectivity index (χ0) is 14.0. The molecule has 0 radical (unpaired) electrons. The lowest BCUT2D eigenvalue weighted by Gasteiger charge is -2.02. The minimum Gasteiger partial charge on any atom is -0.461 e. The molecule has 2 rings (SSSR count). The van der Waals surface area contributed by atoms with Crippen LogP contribution in [0.2, 0.25) is 5.02 Å². The fourth-order valence-electron chi connectivity index (χ4n) is 1.55. The minimum atomic E-state index is -0.528. The van der Waals surface area contributed by atoms with E-state index in [-0.39, 0.29) is 12.3 Å². The van der Waals surface area contributed by atoms with Crippen molar-refractivity contribution >= 4 is 40.2 Å². The first-order valence-electron chi connectivity index (χ1n) is 5.58. The molecule has 5 nitrogen and oxygen atoms in total. The smallest absolute Gasteiger partial charge is 0.360 e. The first-order valence-corrected chi connectivity index (χ1v) is 7.04. The van der Waals surface area contributed by atoms with E-state index in [9.17, 15) is 4.79 Å². The number of pyridine rings is 1. The number of ether oxygens (including phenoxy) is 1. The number of rotatable bonds is 3. The van der Waals surface area contributed by atoms with Crippen LogP contribution >= 0.6 is 34.2 Å². The Bertz CT molecular complexity index is 627. The second kappa shape index (κ2) is 5.87. The average molecular weight is 392 g/mol. The van der Waals surface area contributed by atoms with E-state index < -0.39 is 5.97 Å². The zero-order valence-electron chi connectivity index (χ0n) is 10.4. The highest BCUT2D eigenvalue weighted by molar-refractivity contribution is 14.1. The number of aromatic nitrogens is 3. The van der Waals surface area contributed by atoms with Gasteiger partial charge in [-0.1, -0.05) is 11.6 Å². The van der Waals surface area contributed by atoms with Crippen LogP contribution in [0.25, 0.3) is 5.82 Å². The Balaban J connectivity index is 2.49. The van der Waals surface area contributed by atoms with Gasteiger partial charge in [0.2, 0.25) is 0 Å². The van der Waals surface area contributed by atoms with Gasteiger partial charge in [0.25, 0.3) is 0 Å². The number of hydrogen-bond acceptors (Lipinski definition) is 4. The highest BCUT2D eigenvalue weighted by atomic mass is 127. The van der Waals surface area contributed by atoms with Gasteiger partial charge in [0.1, 0.15) is 0 Å². The van der Waals surface area contributed by atoms with Gasteiger partial charge in [-0.05, 0) is 48.6 Å². The third-order valence-electron chi connectivity index (χ3n) is 2.44. The maximum Gasteiger partial charge on any atom is 0.360 e. The Morgan fingerprint density at radius 3 is 2.95 bits per heavy atom. The Morgan fingerprint density at radius 1 is 1.58 bits per heavy atom.